The molecule has 0 atom stereocenters. The lowest BCUT2D eigenvalue weighted by Crippen LogP contribution is -2.31. The summed E-state index contributed by atoms with van der Waals surface area (Å²) in [5, 5.41) is 2.57. The first-order chi connectivity index (χ1) is 12.3. The summed E-state index contributed by atoms with van der Waals surface area (Å²) < 4.78 is 39.6. The predicted octanol–water partition coefficient (Wildman–Crippen LogP) is 2.69. The van der Waals surface area contributed by atoms with Crippen molar-refractivity contribution < 1.29 is 22.4 Å². The van der Waals surface area contributed by atoms with E-state index in [1.54, 1.807) is 6.92 Å². The van der Waals surface area contributed by atoms with Crippen LogP contribution in [0.3, 0.4) is 0 Å². The number of carbonyl (C=O) groups is 2. The summed E-state index contributed by atoms with van der Waals surface area (Å²) in [5.74, 6) is -1.61. The molecule has 0 saturated heterocycles. The topological polar surface area (TPSA) is 83.6 Å². The Labute approximate surface area is 149 Å². The van der Waals surface area contributed by atoms with Gasteiger partial charge in [-0.3, -0.25) is 9.59 Å². The van der Waals surface area contributed by atoms with Gasteiger partial charge in [0.2, 0.25) is 0 Å². The normalized spacial score (nSPS) is 17.9. The summed E-state index contributed by atoms with van der Waals surface area (Å²) in [4.78, 5) is 24.7. The maximum atomic E-state index is 13.4. The number of hydrogen-bond donors (Lipinski definition) is 1. The lowest BCUT2D eigenvalue weighted by Gasteiger charge is -2.13. The van der Waals surface area contributed by atoms with E-state index in [-0.39, 0.29) is 22.1 Å². The van der Waals surface area contributed by atoms with Crippen molar-refractivity contribution in [3.05, 3.63) is 58.9 Å². The van der Waals surface area contributed by atoms with E-state index in [0.29, 0.717) is 24.1 Å². The number of anilines is 1. The van der Waals surface area contributed by atoms with Crippen LogP contribution in [0.4, 0.5) is 10.1 Å². The molecule has 0 unspecified atom stereocenters. The molecule has 6 nitrogen and oxygen atoms in total. The Hall–Kier alpha value is -2.74. The highest BCUT2D eigenvalue weighted by Gasteiger charge is 2.48. The first kappa shape index (κ1) is 16.7. The number of fused-ring (bicyclic) bond motifs is 1. The number of nitrogens with one attached hydrogen (secondary N) is 1. The average molecular weight is 374 g/mol. The molecule has 134 valence electrons. The van der Waals surface area contributed by atoms with Gasteiger partial charge in [-0.15, -0.1) is 0 Å². The summed E-state index contributed by atoms with van der Waals surface area (Å²) >= 11 is 0. The molecular formula is C18H15FN2O4S. The van der Waals surface area contributed by atoms with Gasteiger partial charge >= 0.3 is 0 Å². The second-order valence-corrected chi connectivity index (χ2v) is 8.24. The number of hydrogen-bond acceptors (Lipinski definition) is 4. The van der Waals surface area contributed by atoms with E-state index in [1.165, 1.54) is 36.4 Å². The molecule has 2 amide bonds. The van der Waals surface area contributed by atoms with Crippen molar-refractivity contribution in [2.75, 3.05) is 5.32 Å². The number of aryl methyl sites for hydroxylation is 1. The number of halogens is 1. The molecule has 0 aromatic heterocycles. The monoisotopic (exact) mass is 374 g/mol. The number of amides is 2. The number of carbonyl (C=O) groups excluding carboxylic acids is 2. The SMILES string of the molecule is Cc1ccc(F)cc1NC(=O)c1ccc2c(c1)S(=O)(=O)N(C1CC1)C2=O. The summed E-state index contributed by atoms with van der Waals surface area (Å²) in [7, 11) is -3.93. The van der Waals surface area contributed by atoms with Crippen LogP contribution in [0.15, 0.2) is 41.3 Å². The van der Waals surface area contributed by atoms with Crippen molar-refractivity contribution in [1.82, 2.24) is 4.31 Å². The molecular weight excluding hydrogens is 359 g/mol. The van der Waals surface area contributed by atoms with Crippen LogP contribution in [-0.4, -0.2) is 30.6 Å². The first-order valence-corrected chi connectivity index (χ1v) is 9.53. The lowest BCUT2D eigenvalue weighted by atomic mass is 10.1. The van der Waals surface area contributed by atoms with E-state index in [4.69, 9.17) is 0 Å². The van der Waals surface area contributed by atoms with Gasteiger partial charge in [0.05, 0.1) is 5.56 Å². The average Bonchev–Trinajstić information content (AvgIpc) is 3.39. The zero-order valence-corrected chi connectivity index (χ0v) is 14.6. The van der Waals surface area contributed by atoms with Crippen LogP contribution >= 0.6 is 0 Å². The van der Waals surface area contributed by atoms with Crippen LogP contribution in [-0.2, 0) is 10.0 Å². The van der Waals surface area contributed by atoms with Crippen LogP contribution in [0.2, 0.25) is 0 Å². The fraction of sp³-hybridized carbons (Fsp3) is 0.222. The maximum Gasteiger partial charge on any atom is 0.269 e. The van der Waals surface area contributed by atoms with Crippen LogP contribution in [0.1, 0.15) is 39.1 Å². The Bertz CT molecular complexity index is 1060. The second kappa shape index (κ2) is 5.63. The maximum absolute atomic E-state index is 13.4. The highest BCUT2D eigenvalue weighted by Crippen LogP contribution is 2.39. The van der Waals surface area contributed by atoms with E-state index in [2.05, 4.69) is 5.32 Å². The molecule has 2 aliphatic rings. The minimum atomic E-state index is -3.93. The largest absolute Gasteiger partial charge is 0.322 e. The standard InChI is InChI=1S/C18H15FN2O4S/c1-10-2-4-12(19)9-15(10)20-17(22)11-3-7-14-16(8-11)26(24,25)21(18(14)23)13-5-6-13/h2-4,7-9,13H,5-6H2,1H3,(H,20,22). The molecule has 1 saturated carbocycles. The Kier molecular flexibility index (Phi) is 3.62. The van der Waals surface area contributed by atoms with Gasteiger partial charge in [0.25, 0.3) is 21.8 Å². The molecule has 26 heavy (non-hydrogen) atoms. The molecule has 2 aromatic carbocycles. The number of benzene rings is 2. The third-order valence-corrected chi connectivity index (χ3v) is 6.41. The van der Waals surface area contributed by atoms with Gasteiger partial charge in [0.15, 0.2) is 0 Å². The molecule has 4 rings (SSSR count). The zero-order chi connectivity index (χ0) is 18.6. The Morgan fingerprint density at radius 3 is 2.62 bits per heavy atom. The van der Waals surface area contributed by atoms with Crippen LogP contribution < -0.4 is 5.32 Å². The molecule has 0 radical (unpaired) electrons. The van der Waals surface area contributed by atoms with Gasteiger partial charge in [-0.2, -0.15) is 0 Å². The van der Waals surface area contributed by atoms with E-state index < -0.39 is 27.7 Å². The highest BCUT2D eigenvalue weighted by atomic mass is 32.2. The fourth-order valence-corrected chi connectivity index (χ4v) is 4.82. The summed E-state index contributed by atoms with van der Waals surface area (Å²) in [6.45, 7) is 1.72. The zero-order valence-electron chi connectivity index (χ0n) is 13.8. The van der Waals surface area contributed by atoms with E-state index in [1.807, 2.05) is 0 Å². The van der Waals surface area contributed by atoms with E-state index in [0.717, 1.165) is 4.31 Å². The number of rotatable bonds is 3. The molecule has 8 heteroatoms. The lowest BCUT2D eigenvalue weighted by molar-refractivity contribution is 0.0864. The minimum Gasteiger partial charge on any atom is -0.322 e. The van der Waals surface area contributed by atoms with E-state index >= 15 is 0 Å². The molecule has 0 spiro atoms. The van der Waals surface area contributed by atoms with Gasteiger partial charge in [-0.1, -0.05) is 6.07 Å². The van der Waals surface area contributed by atoms with Crippen molar-refractivity contribution in [3.8, 4) is 0 Å². The van der Waals surface area contributed by atoms with Crippen molar-refractivity contribution in [2.24, 2.45) is 0 Å². The molecule has 1 aliphatic heterocycles. The molecule has 0 bridgehead atoms. The number of nitrogens with zero attached hydrogens (tertiary/aromatic N) is 1. The smallest absolute Gasteiger partial charge is 0.269 e. The first-order valence-electron chi connectivity index (χ1n) is 8.09. The van der Waals surface area contributed by atoms with Crippen molar-refractivity contribution in [2.45, 2.75) is 30.7 Å². The minimum absolute atomic E-state index is 0.0791. The van der Waals surface area contributed by atoms with Gasteiger partial charge < -0.3 is 5.32 Å². The van der Waals surface area contributed by atoms with Crippen molar-refractivity contribution in [3.63, 3.8) is 0 Å². The fourth-order valence-electron chi connectivity index (χ4n) is 2.98. The predicted molar refractivity (Wildman–Crippen MR) is 91.9 cm³/mol. The Morgan fingerprint density at radius 1 is 1.19 bits per heavy atom. The van der Waals surface area contributed by atoms with Gasteiger partial charge in [0, 0.05) is 17.3 Å². The molecule has 2 aromatic rings. The number of sulfonamides is 1. The highest BCUT2D eigenvalue weighted by molar-refractivity contribution is 7.90. The molecule has 1 aliphatic carbocycles. The summed E-state index contributed by atoms with van der Waals surface area (Å²) in [6, 6.07) is 7.67. The second-order valence-electron chi connectivity index (χ2n) is 6.46. The van der Waals surface area contributed by atoms with Crippen LogP contribution in [0.5, 0.6) is 0 Å². The van der Waals surface area contributed by atoms with Crippen molar-refractivity contribution >= 4 is 27.5 Å². The van der Waals surface area contributed by atoms with Crippen LogP contribution in [0, 0.1) is 12.7 Å². The van der Waals surface area contributed by atoms with Crippen molar-refractivity contribution in [1.29, 1.82) is 0 Å². The quantitative estimate of drug-likeness (QED) is 0.895. The summed E-state index contributed by atoms with van der Waals surface area (Å²) in [5.41, 5.74) is 1.13. The Morgan fingerprint density at radius 2 is 1.92 bits per heavy atom. The Balaban J connectivity index is 1.68. The van der Waals surface area contributed by atoms with Gasteiger partial charge in [0.1, 0.15) is 10.7 Å². The third-order valence-electron chi connectivity index (χ3n) is 4.54. The van der Waals surface area contributed by atoms with E-state index in [9.17, 15) is 22.4 Å². The molecule has 1 heterocycles. The van der Waals surface area contributed by atoms with Gasteiger partial charge in [-0.05, 0) is 55.7 Å². The summed E-state index contributed by atoms with van der Waals surface area (Å²) in [6.07, 6.45) is 1.32. The van der Waals surface area contributed by atoms with Gasteiger partial charge in [-0.25, -0.2) is 17.1 Å². The third kappa shape index (κ3) is 2.57. The van der Waals surface area contributed by atoms with Crippen LogP contribution in [0.25, 0.3) is 0 Å². The molecule has 1 fully saturated rings. The molecule has 1 N–H and O–H groups in total.